The summed E-state index contributed by atoms with van der Waals surface area (Å²) in [4.78, 5) is 20.6. The van der Waals surface area contributed by atoms with Crippen LogP contribution in [-0.2, 0) is 6.54 Å². The van der Waals surface area contributed by atoms with Crippen LogP contribution < -0.4 is 10.5 Å². The normalized spacial score (nSPS) is 11.0. The van der Waals surface area contributed by atoms with E-state index in [4.69, 9.17) is 0 Å². The van der Waals surface area contributed by atoms with Crippen LogP contribution in [0.2, 0.25) is 0 Å². The minimum absolute atomic E-state index is 0.0590. The Morgan fingerprint density at radius 1 is 1.36 bits per heavy atom. The van der Waals surface area contributed by atoms with Crippen LogP contribution in [0, 0.1) is 6.92 Å². The first kappa shape index (κ1) is 14.6. The van der Waals surface area contributed by atoms with Crippen LogP contribution in [-0.4, -0.2) is 21.0 Å². The molecule has 2 heterocycles. The number of hydrogen-bond acceptors (Lipinski definition) is 5. The fourth-order valence-electron chi connectivity index (χ4n) is 2.41. The largest absolute Gasteiger partial charge is 0.508 e. The van der Waals surface area contributed by atoms with Crippen molar-refractivity contribution in [1.29, 1.82) is 0 Å². The number of nitrogens with zero attached hydrogens (tertiary/aromatic N) is 3. The Kier molecular flexibility index (Phi) is 3.85. The number of rotatable bonds is 4. The molecule has 0 spiro atoms. The molecule has 3 aromatic rings. The minimum Gasteiger partial charge on any atom is -0.508 e. The van der Waals surface area contributed by atoms with E-state index in [2.05, 4.69) is 9.88 Å². The lowest BCUT2D eigenvalue weighted by molar-refractivity contribution is 0.475. The van der Waals surface area contributed by atoms with Crippen molar-refractivity contribution in [2.75, 3.05) is 11.4 Å². The fraction of sp³-hybridized carbons (Fsp3) is 0.250. The molecule has 0 amide bonds. The van der Waals surface area contributed by atoms with Gasteiger partial charge >= 0.3 is 0 Å². The molecule has 3 rings (SSSR count). The first-order chi connectivity index (χ1) is 10.6. The molecule has 1 aromatic carbocycles. The van der Waals surface area contributed by atoms with E-state index in [-0.39, 0.29) is 11.3 Å². The summed E-state index contributed by atoms with van der Waals surface area (Å²) in [5.74, 6) is 0.230. The average Bonchev–Trinajstić information content (AvgIpc) is 2.86. The van der Waals surface area contributed by atoms with Crippen LogP contribution >= 0.6 is 11.3 Å². The minimum atomic E-state index is -0.0590. The zero-order valence-electron chi connectivity index (χ0n) is 12.5. The molecule has 0 unspecified atom stereocenters. The second kappa shape index (κ2) is 5.81. The molecular formula is C16H17N3O2S. The van der Waals surface area contributed by atoms with Crippen LogP contribution in [0.1, 0.15) is 17.5 Å². The second-order valence-electron chi connectivity index (χ2n) is 5.11. The third kappa shape index (κ3) is 2.82. The number of fused-ring (bicyclic) bond motifs is 1. The molecule has 0 aliphatic heterocycles. The number of aromatic hydroxyl groups is 1. The molecule has 0 radical (unpaired) electrons. The number of phenolic OH excluding ortho intramolecular Hbond substituents is 1. The third-order valence-electron chi connectivity index (χ3n) is 3.47. The quantitative estimate of drug-likeness (QED) is 0.804. The van der Waals surface area contributed by atoms with Gasteiger partial charge in [-0.3, -0.25) is 9.20 Å². The highest BCUT2D eigenvalue weighted by Gasteiger charge is 2.10. The molecule has 0 saturated carbocycles. The van der Waals surface area contributed by atoms with Crippen LogP contribution in [0.15, 0.2) is 41.3 Å². The van der Waals surface area contributed by atoms with Crippen molar-refractivity contribution in [1.82, 2.24) is 9.38 Å². The predicted molar refractivity (Wildman–Crippen MR) is 88.9 cm³/mol. The fourth-order valence-corrected chi connectivity index (χ4v) is 3.26. The van der Waals surface area contributed by atoms with Gasteiger partial charge in [-0.05, 0) is 26.0 Å². The zero-order chi connectivity index (χ0) is 15.7. The van der Waals surface area contributed by atoms with Crippen molar-refractivity contribution in [3.05, 3.63) is 57.5 Å². The lowest BCUT2D eigenvalue weighted by Gasteiger charge is -2.22. The van der Waals surface area contributed by atoms with E-state index in [9.17, 15) is 9.90 Å². The van der Waals surface area contributed by atoms with E-state index < -0.39 is 0 Å². The van der Waals surface area contributed by atoms with Gasteiger partial charge in [-0.25, -0.2) is 4.98 Å². The number of aromatic nitrogens is 2. The smallest absolute Gasteiger partial charge is 0.258 e. The Bertz CT molecular complexity index is 869. The summed E-state index contributed by atoms with van der Waals surface area (Å²) in [6.45, 7) is 5.28. The summed E-state index contributed by atoms with van der Waals surface area (Å²) >= 11 is 1.51. The van der Waals surface area contributed by atoms with Gasteiger partial charge < -0.3 is 10.0 Å². The summed E-state index contributed by atoms with van der Waals surface area (Å²) in [6, 6.07) is 8.67. The van der Waals surface area contributed by atoms with Gasteiger partial charge in [0.25, 0.3) is 5.56 Å². The molecular weight excluding hydrogens is 298 g/mol. The Balaban J connectivity index is 1.95. The third-order valence-corrected chi connectivity index (χ3v) is 4.36. The summed E-state index contributed by atoms with van der Waals surface area (Å²) in [5, 5.41) is 9.62. The van der Waals surface area contributed by atoms with Gasteiger partial charge in [0.1, 0.15) is 5.75 Å². The van der Waals surface area contributed by atoms with Gasteiger partial charge in [0.05, 0.1) is 12.2 Å². The maximum Gasteiger partial charge on any atom is 0.258 e. The number of anilines is 1. The monoisotopic (exact) mass is 315 g/mol. The maximum atomic E-state index is 12.1. The number of phenols is 1. The SMILES string of the molecule is CCN(Cc1cc(=O)n2cc(C)sc2n1)c1cccc(O)c1. The molecule has 114 valence electrons. The van der Waals surface area contributed by atoms with E-state index in [1.54, 1.807) is 22.6 Å². The van der Waals surface area contributed by atoms with E-state index in [0.717, 1.165) is 22.8 Å². The van der Waals surface area contributed by atoms with Gasteiger partial charge in [0.15, 0.2) is 4.96 Å². The lowest BCUT2D eigenvalue weighted by atomic mass is 10.2. The van der Waals surface area contributed by atoms with Crippen LogP contribution in [0.5, 0.6) is 5.75 Å². The summed E-state index contributed by atoms with van der Waals surface area (Å²) in [5.41, 5.74) is 1.58. The second-order valence-corrected chi connectivity index (χ2v) is 6.33. The van der Waals surface area contributed by atoms with Gasteiger partial charge in [0.2, 0.25) is 0 Å². The van der Waals surface area contributed by atoms with Crippen molar-refractivity contribution >= 4 is 22.0 Å². The Morgan fingerprint density at radius 3 is 2.91 bits per heavy atom. The maximum absolute atomic E-state index is 12.1. The van der Waals surface area contributed by atoms with Crippen LogP contribution in [0.4, 0.5) is 5.69 Å². The number of thiazole rings is 1. The number of aryl methyl sites for hydroxylation is 1. The molecule has 2 aromatic heterocycles. The summed E-state index contributed by atoms with van der Waals surface area (Å²) in [7, 11) is 0. The van der Waals surface area contributed by atoms with Crippen molar-refractivity contribution in [2.45, 2.75) is 20.4 Å². The molecule has 0 aliphatic rings. The average molecular weight is 315 g/mol. The van der Waals surface area contributed by atoms with Crippen molar-refractivity contribution in [2.24, 2.45) is 0 Å². The molecule has 0 atom stereocenters. The van der Waals surface area contributed by atoms with Crippen molar-refractivity contribution < 1.29 is 5.11 Å². The molecule has 0 aliphatic carbocycles. The van der Waals surface area contributed by atoms with Crippen molar-refractivity contribution in [3.63, 3.8) is 0 Å². The standard InChI is InChI=1S/C16H17N3O2S/c1-3-18(13-5-4-6-14(20)8-13)10-12-7-15(21)19-9-11(2)22-16(19)17-12/h4-9,20H,3,10H2,1-2H3. The van der Waals surface area contributed by atoms with Gasteiger partial charge in [0, 0.05) is 35.4 Å². The number of benzene rings is 1. The summed E-state index contributed by atoms with van der Waals surface area (Å²) < 4.78 is 1.58. The van der Waals surface area contributed by atoms with E-state index in [1.807, 2.05) is 32.2 Å². The molecule has 0 saturated heterocycles. The highest BCUT2D eigenvalue weighted by molar-refractivity contribution is 7.16. The van der Waals surface area contributed by atoms with E-state index in [0.29, 0.717) is 11.5 Å². The first-order valence-corrected chi connectivity index (χ1v) is 7.91. The van der Waals surface area contributed by atoms with E-state index >= 15 is 0 Å². The predicted octanol–water partition coefficient (Wildman–Crippen LogP) is 2.80. The molecule has 5 nitrogen and oxygen atoms in total. The highest BCUT2D eigenvalue weighted by Crippen LogP contribution is 2.21. The summed E-state index contributed by atoms with van der Waals surface area (Å²) in [6.07, 6.45) is 1.81. The molecule has 0 bridgehead atoms. The zero-order valence-corrected chi connectivity index (χ0v) is 13.3. The van der Waals surface area contributed by atoms with E-state index in [1.165, 1.54) is 11.3 Å². The highest BCUT2D eigenvalue weighted by atomic mass is 32.1. The Morgan fingerprint density at radius 2 is 2.18 bits per heavy atom. The first-order valence-electron chi connectivity index (χ1n) is 7.09. The van der Waals surface area contributed by atoms with Gasteiger partial charge in [-0.15, -0.1) is 11.3 Å². The van der Waals surface area contributed by atoms with Crippen molar-refractivity contribution in [3.8, 4) is 5.75 Å². The Hall–Kier alpha value is -2.34. The van der Waals surface area contributed by atoms with Crippen LogP contribution in [0.3, 0.4) is 0 Å². The molecule has 0 fully saturated rings. The van der Waals surface area contributed by atoms with Gasteiger partial charge in [-0.1, -0.05) is 6.07 Å². The van der Waals surface area contributed by atoms with Crippen LogP contribution in [0.25, 0.3) is 4.96 Å². The molecule has 6 heteroatoms. The Labute approximate surface area is 132 Å². The number of hydrogen-bond donors (Lipinski definition) is 1. The lowest BCUT2D eigenvalue weighted by Crippen LogP contribution is -2.24. The topological polar surface area (TPSA) is 57.8 Å². The molecule has 1 N–H and O–H groups in total. The van der Waals surface area contributed by atoms with Gasteiger partial charge in [-0.2, -0.15) is 0 Å². The molecule has 22 heavy (non-hydrogen) atoms.